The molecule has 1 aliphatic carbocycles. The first kappa shape index (κ1) is 11.1. The molecule has 1 fully saturated rings. The molecule has 0 aliphatic heterocycles. The van der Waals surface area contributed by atoms with Crippen LogP contribution in [0.5, 0.6) is 0 Å². The SMILES string of the molecule is O=C(CCCc1ccc(I)cc1)C1CC1. The van der Waals surface area contributed by atoms with Crippen molar-refractivity contribution in [2.75, 3.05) is 0 Å². The van der Waals surface area contributed by atoms with E-state index in [4.69, 9.17) is 0 Å². The molecule has 0 bridgehead atoms. The summed E-state index contributed by atoms with van der Waals surface area (Å²) >= 11 is 2.31. The van der Waals surface area contributed by atoms with Crippen LogP contribution in [0.1, 0.15) is 31.2 Å². The number of ketones is 1. The fraction of sp³-hybridized carbons (Fsp3) is 0.462. The van der Waals surface area contributed by atoms with Crippen LogP contribution in [-0.2, 0) is 11.2 Å². The molecule has 1 aliphatic rings. The van der Waals surface area contributed by atoms with Crippen molar-refractivity contribution in [3.05, 3.63) is 33.4 Å². The Bertz CT molecular complexity index is 338. The molecule has 0 atom stereocenters. The lowest BCUT2D eigenvalue weighted by molar-refractivity contribution is -0.120. The summed E-state index contributed by atoms with van der Waals surface area (Å²) in [6, 6.07) is 8.56. The van der Waals surface area contributed by atoms with Gasteiger partial charge < -0.3 is 0 Å². The number of carbonyl (C=O) groups excluding carboxylic acids is 1. The molecule has 1 aromatic rings. The zero-order valence-electron chi connectivity index (χ0n) is 8.71. The maximum Gasteiger partial charge on any atom is 0.135 e. The van der Waals surface area contributed by atoms with Crippen LogP contribution in [0, 0.1) is 9.49 Å². The third kappa shape index (κ3) is 3.59. The molecule has 0 radical (unpaired) electrons. The first-order valence-electron chi connectivity index (χ1n) is 5.53. The molecule has 0 amide bonds. The van der Waals surface area contributed by atoms with Gasteiger partial charge in [0.25, 0.3) is 0 Å². The van der Waals surface area contributed by atoms with Gasteiger partial charge in [0, 0.05) is 15.9 Å². The number of rotatable bonds is 5. The summed E-state index contributed by atoms with van der Waals surface area (Å²) in [7, 11) is 0. The first-order chi connectivity index (χ1) is 7.25. The molecule has 0 heterocycles. The van der Waals surface area contributed by atoms with E-state index in [9.17, 15) is 4.79 Å². The quantitative estimate of drug-likeness (QED) is 0.759. The van der Waals surface area contributed by atoms with E-state index in [1.54, 1.807) is 0 Å². The first-order valence-corrected chi connectivity index (χ1v) is 6.61. The molecule has 0 unspecified atom stereocenters. The van der Waals surface area contributed by atoms with Crippen molar-refractivity contribution in [2.45, 2.75) is 32.1 Å². The molecule has 1 saturated carbocycles. The lowest BCUT2D eigenvalue weighted by Crippen LogP contribution is -2.00. The highest BCUT2D eigenvalue weighted by molar-refractivity contribution is 14.1. The summed E-state index contributed by atoms with van der Waals surface area (Å²) in [4.78, 5) is 11.4. The maximum absolute atomic E-state index is 11.4. The van der Waals surface area contributed by atoms with Crippen LogP contribution in [0.4, 0.5) is 0 Å². The second kappa shape index (κ2) is 5.10. The van der Waals surface area contributed by atoms with Crippen molar-refractivity contribution in [2.24, 2.45) is 5.92 Å². The van der Waals surface area contributed by atoms with Crippen molar-refractivity contribution in [1.29, 1.82) is 0 Å². The standard InChI is InChI=1S/C13H15IO/c14-12-8-4-10(5-9-12)2-1-3-13(15)11-6-7-11/h4-5,8-9,11H,1-3,6-7H2. The van der Waals surface area contributed by atoms with Gasteiger partial charge in [-0.3, -0.25) is 4.79 Å². The van der Waals surface area contributed by atoms with Crippen LogP contribution < -0.4 is 0 Å². The molecule has 0 aromatic heterocycles. The Kier molecular flexibility index (Phi) is 3.78. The molecule has 2 heteroatoms. The molecular formula is C13H15IO. The van der Waals surface area contributed by atoms with Gasteiger partial charge in [-0.15, -0.1) is 0 Å². The highest BCUT2D eigenvalue weighted by atomic mass is 127. The van der Waals surface area contributed by atoms with E-state index in [2.05, 4.69) is 46.9 Å². The van der Waals surface area contributed by atoms with E-state index < -0.39 is 0 Å². The zero-order valence-corrected chi connectivity index (χ0v) is 10.9. The van der Waals surface area contributed by atoms with E-state index >= 15 is 0 Å². The van der Waals surface area contributed by atoms with Crippen LogP contribution in [-0.4, -0.2) is 5.78 Å². The van der Waals surface area contributed by atoms with Gasteiger partial charge in [-0.05, 0) is 66.0 Å². The number of benzene rings is 1. The third-order valence-electron chi connectivity index (χ3n) is 2.83. The minimum absolute atomic E-state index is 0.432. The van der Waals surface area contributed by atoms with Crippen LogP contribution >= 0.6 is 22.6 Å². The second-order valence-electron chi connectivity index (χ2n) is 4.22. The van der Waals surface area contributed by atoms with Crippen LogP contribution in [0.3, 0.4) is 0 Å². The van der Waals surface area contributed by atoms with Crippen LogP contribution in [0.15, 0.2) is 24.3 Å². The van der Waals surface area contributed by atoms with E-state index in [1.165, 1.54) is 9.13 Å². The monoisotopic (exact) mass is 314 g/mol. The minimum Gasteiger partial charge on any atom is -0.299 e. The summed E-state index contributed by atoms with van der Waals surface area (Å²) in [5, 5.41) is 0. The largest absolute Gasteiger partial charge is 0.299 e. The number of hydrogen-bond donors (Lipinski definition) is 0. The predicted molar refractivity (Wildman–Crippen MR) is 69.8 cm³/mol. The third-order valence-corrected chi connectivity index (χ3v) is 3.55. The molecule has 80 valence electrons. The maximum atomic E-state index is 11.4. The molecule has 2 rings (SSSR count). The van der Waals surface area contributed by atoms with Crippen molar-refractivity contribution in [3.8, 4) is 0 Å². The average molecular weight is 314 g/mol. The molecule has 0 N–H and O–H groups in total. The lowest BCUT2D eigenvalue weighted by Gasteiger charge is -2.01. The van der Waals surface area contributed by atoms with Gasteiger partial charge in [0.1, 0.15) is 5.78 Å². The summed E-state index contributed by atoms with van der Waals surface area (Å²) < 4.78 is 1.27. The lowest BCUT2D eigenvalue weighted by atomic mass is 10.1. The van der Waals surface area contributed by atoms with Gasteiger partial charge >= 0.3 is 0 Å². The fourth-order valence-electron chi connectivity index (χ4n) is 1.73. The van der Waals surface area contributed by atoms with Gasteiger partial charge in [-0.25, -0.2) is 0 Å². The Morgan fingerprint density at radius 2 is 1.93 bits per heavy atom. The highest BCUT2D eigenvalue weighted by Crippen LogP contribution is 2.31. The van der Waals surface area contributed by atoms with Crippen molar-refractivity contribution in [3.63, 3.8) is 0 Å². The van der Waals surface area contributed by atoms with E-state index in [0.29, 0.717) is 11.7 Å². The highest BCUT2D eigenvalue weighted by Gasteiger charge is 2.28. The van der Waals surface area contributed by atoms with E-state index in [-0.39, 0.29) is 0 Å². The molecule has 1 nitrogen and oxygen atoms in total. The number of Topliss-reactive ketones (excluding diaryl/α,β-unsaturated/α-hetero) is 1. The summed E-state index contributed by atoms with van der Waals surface area (Å²) in [5.41, 5.74) is 1.35. The molecule has 1 aromatic carbocycles. The Hall–Kier alpha value is -0.380. The number of hydrogen-bond acceptors (Lipinski definition) is 1. The van der Waals surface area contributed by atoms with Crippen LogP contribution in [0.2, 0.25) is 0 Å². The van der Waals surface area contributed by atoms with Gasteiger partial charge in [0.15, 0.2) is 0 Å². The summed E-state index contributed by atoms with van der Waals surface area (Å²) in [6.45, 7) is 0. The van der Waals surface area contributed by atoms with Gasteiger partial charge in [0.05, 0.1) is 0 Å². The second-order valence-corrected chi connectivity index (χ2v) is 5.47. The topological polar surface area (TPSA) is 17.1 Å². The van der Waals surface area contributed by atoms with Crippen molar-refractivity contribution in [1.82, 2.24) is 0 Å². The molecule has 0 saturated heterocycles. The fourth-order valence-corrected chi connectivity index (χ4v) is 2.09. The van der Waals surface area contributed by atoms with Gasteiger partial charge in [-0.2, -0.15) is 0 Å². The number of carbonyl (C=O) groups is 1. The Morgan fingerprint density at radius 3 is 2.53 bits per heavy atom. The molecule has 0 spiro atoms. The van der Waals surface area contributed by atoms with Crippen LogP contribution in [0.25, 0.3) is 0 Å². The van der Waals surface area contributed by atoms with Crippen molar-refractivity contribution < 1.29 is 4.79 Å². The molecule has 15 heavy (non-hydrogen) atoms. The van der Waals surface area contributed by atoms with E-state index in [0.717, 1.165) is 32.1 Å². The minimum atomic E-state index is 0.432. The Morgan fingerprint density at radius 1 is 1.27 bits per heavy atom. The predicted octanol–water partition coefficient (Wildman–Crippen LogP) is 3.59. The zero-order chi connectivity index (χ0) is 10.7. The van der Waals surface area contributed by atoms with Crippen molar-refractivity contribution >= 4 is 28.4 Å². The summed E-state index contributed by atoms with van der Waals surface area (Å²) in [5.74, 6) is 0.919. The Balaban J connectivity index is 1.73. The molecular weight excluding hydrogens is 299 g/mol. The van der Waals surface area contributed by atoms with E-state index in [1.807, 2.05) is 0 Å². The summed E-state index contributed by atoms with van der Waals surface area (Å²) in [6.07, 6.45) is 5.10. The smallest absolute Gasteiger partial charge is 0.135 e. The number of halogens is 1. The normalized spacial score (nSPS) is 15.3. The Labute approximate surface area is 104 Å². The van der Waals surface area contributed by atoms with Gasteiger partial charge in [-0.1, -0.05) is 12.1 Å². The number of aryl methyl sites for hydroxylation is 1. The average Bonchev–Trinajstić information content (AvgIpc) is 3.04. The van der Waals surface area contributed by atoms with Gasteiger partial charge in [0.2, 0.25) is 0 Å².